The minimum absolute atomic E-state index is 0. The van der Waals surface area contributed by atoms with Crippen molar-refractivity contribution in [3.8, 4) is 0 Å². The average Bonchev–Trinajstić information content (AvgIpc) is 2.69. The monoisotopic (exact) mass is 556 g/mol. The molecule has 0 atom stereocenters. The van der Waals surface area contributed by atoms with Crippen LogP contribution in [0.3, 0.4) is 0 Å². The van der Waals surface area contributed by atoms with Gasteiger partial charge in [-0.15, -0.1) is 24.0 Å². The SMILES string of the molecule is CN=C(NCC(=O)N1CCc2ccccc2C1)N(C)Cc1ccccc1Br.I. The maximum atomic E-state index is 12.6. The van der Waals surface area contributed by atoms with Crippen LogP contribution in [0.2, 0.25) is 0 Å². The van der Waals surface area contributed by atoms with E-state index in [1.165, 1.54) is 16.7 Å². The van der Waals surface area contributed by atoms with Crippen molar-refractivity contribution < 1.29 is 4.79 Å². The van der Waals surface area contributed by atoms with Crippen LogP contribution in [0, 0.1) is 0 Å². The molecule has 1 heterocycles. The summed E-state index contributed by atoms with van der Waals surface area (Å²) >= 11 is 3.58. The van der Waals surface area contributed by atoms with E-state index in [9.17, 15) is 4.79 Å². The van der Waals surface area contributed by atoms with Crippen LogP contribution in [-0.2, 0) is 24.3 Å². The molecule has 5 nitrogen and oxygen atoms in total. The lowest BCUT2D eigenvalue weighted by Crippen LogP contribution is -2.46. The molecule has 0 fully saturated rings. The van der Waals surface area contributed by atoms with Gasteiger partial charge in [-0.1, -0.05) is 58.4 Å². The molecule has 1 aliphatic rings. The highest BCUT2D eigenvalue weighted by Gasteiger charge is 2.20. The lowest BCUT2D eigenvalue weighted by atomic mass is 10.00. The number of hydrogen-bond acceptors (Lipinski definition) is 2. The van der Waals surface area contributed by atoms with E-state index in [1.807, 2.05) is 41.1 Å². The van der Waals surface area contributed by atoms with Crippen molar-refractivity contribution in [1.29, 1.82) is 0 Å². The van der Waals surface area contributed by atoms with E-state index >= 15 is 0 Å². The standard InChI is InChI=1S/C21H25BrN4O.HI/c1-23-21(25(2)14-18-9-5-6-10-19(18)22)24-13-20(27)26-12-11-16-7-3-4-8-17(16)15-26;/h3-10H,11-15H2,1-2H3,(H,23,24);1H. The Morgan fingerprint density at radius 2 is 1.86 bits per heavy atom. The highest BCUT2D eigenvalue weighted by Crippen LogP contribution is 2.19. The van der Waals surface area contributed by atoms with Crippen LogP contribution in [0.1, 0.15) is 16.7 Å². The van der Waals surface area contributed by atoms with Gasteiger partial charge in [-0.2, -0.15) is 0 Å². The third-order valence-corrected chi connectivity index (χ3v) is 5.59. The van der Waals surface area contributed by atoms with Crippen LogP contribution in [0.4, 0.5) is 0 Å². The zero-order valence-electron chi connectivity index (χ0n) is 16.2. The molecule has 28 heavy (non-hydrogen) atoms. The summed E-state index contributed by atoms with van der Waals surface area (Å²) in [4.78, 5) is 20.9. The van der Waals surface area contributed by atoms with Gasteiger partial charge in [0.1, 0.15) is 0 Å². The van der Waals surface area contributed by atoms with Gasteiger partial charge in [-0.25, -0.2) is 0 Å². The van der Waals surface area contributed by atoms with Gasteiger partial charge in [-0.05, 0) is 29.2 Å². The second-order valence-corrected chi connectivity index (χ2v) is 7.54. The Morgan fingerprint density at radius 3 is 2.57 bits per heavy atom. The topological polar surface area (TPSA) is 47.9 Å². The zero-order chi connectivity index (χ0) is 19.2. The normalized spacial score (nSPS) is 13.4. The van der Waals surface area contributed by atoms with Crippen molar-refractivity contribution >= 4 is 51.8 Å². The van der Waals surface area contributed by atoms with E-state index in [0.29, 0.717) is 19.0 Å². The minimum Gasteiger partial charge on any atom is -0.347 e. The summed E-state index contributed by atoms with van der Waals surface area (Å²) in [6.45, 7) is 2.40. The number of carbonyl (C=O) groups excluding carboxylic acids is 1. The molecule has 3 rings (SSSR count). The first-order valence-corrected chi connectivity index (χ1v) is 9.87. The molecule has 0 saturated carbocycles. The second-order valence-electron chi connectivity index (χ2n) is 6.68. The first kappa shape index (κ1) is 22.7. The summed E-state index contributed by atoms with van der Waals surface area (Å²) in [5, 5.41) is 3.20. The number of nitrogens with zero attached hydrogens (tertiary/aromatic N) is 3. The molecule has 0 radical (unpaired) electrons. The van der Waals surface area contributed by atoms with Crippen LogP contribution in [0.15, 0.2) is 58.0 Å². The molecule has 2 aromatic rings. The van der Waals surface area contributed by atoms with Gasteiger partial charge < -0.3 is 15.1 Å². The predicted molar refractivity (Wildman–Crippen MR) is 128 cm³/mol. The molecule has 0 bridgehead atoms. The van der Waals surface area contributed by atoms with Crippen molar-refractivity contribution in [3.05, 3.63) is 69.7 Å². The molecule has 2 aromatic carbocycles. The fourth-order valence-corrected chi connectivity index (χ4v) is 3.73. The van der Waals surface area contributed by atoms with E-state index in [-0.39, 0.29) is 36.4 Å². The van der Waals surface area contributed by atoms with Gasteiger partial charge >= 0.3 is 0 Å². The summed E-state index contributed by atoms with van der Waals surface area (Å²) in [6.07, 6.45) is 0.915. The van der Waals surface area contributed by atoms with E-state index in [0.717, 1.165) is 17.4 Å². The van der Waals surface area contributed by atoms with Gasteiger partial charge in [0.15, 0.2) is 5.96 Å². The number of benzene rings is 2. The fourth-order valence-electron chi connectivity index (χ4n) is 3.32. The predicted octanol–water partition coefficient (Wildman–Crippen LogP) is 3.66. The Hall–Kier alpha value is -1.61. The van der Waals surface area contributed by atoms with E-state index in [2.05, 4.69) is 50.5 Å². The van der Waals surface area contributed by atoms with Crippen LogP contribution in [0.25, 0.3) is 0 Å². The summed E-state index contributed by atoms with van der Waals surface area (Å²) in [6, 6.07) is 16.5. The van der Waals surface area contributed by atoms with Gasteiger partial charge in [0, 0.05) is 38.2 Å². The number of aliphatic imine (C=N–C) groups is 1. The maximum absolute atomic E-state index is 12.6. The Bertz CT molecular complexity index is 843. The fraction of sp³-hybridized carbons (Fsp3) is 0.333. The quantitative estimate of drug-likeness (QED) is 0.355. The Balaban J connectivity index is 0.00000280. The first-order chi connectivity index (χ1) is 13.1. The van der Waals surface area contributed by atoms with Gasteiger partial charge in [0.25, 0.3) is 0 Å². The molecule has 0 saturated heterocycles. The first-order valence-electron chi connectivity index (χ1n) is 9.08. The number of hydrogen-bond donors (Lipinski definition) is 1. The number of fused-ring (bicyclic) bond motifs is 1. The van der Waals surface area contributed by atoms with Crippen LogP contribution in [0.5, 0.6) is 0 Å². The molecular formula is C21H26BrIN4O. The van der Waals surface area contributed by atoms with Gasteiger partial charge in [0.2, 0.25) is 5.91 Å². The van der Waals surface area contributed by atoms with Crippen LogP contribution < -0.4 is 5.32 Å². The molecule has 1 N–H and O–H groups in total. The zero-order valence-corrected chi connectivity index (χ0v) is 20.1. The lowest BCUT2D eigenvalue weighted by Gasteiger charge is -2.30. The Labute approximate surface area is 192 Å². The number of amides is 1. The summed E-state index contributed by atoms with van der Waals surface area (Å²) in [5.74, 6) is 0.802. The van der Waals surface area contributed by atoms with Crippen molar-refractivity contribution in [2.45, 2.75) is 19.5 Å². The molecule has 1 aliphatic heterocycles. The van der Waals surface area contributed by atoms with Gasteiger partial charge in [0.05, 0.1) is 6.54 Å². The van der Waals surface area contributed by atoms with E-state index in [4.69, 9.17) is 0 Å². The smallest absolute Gasteiger partial charge is 0.242 e. The lowest BCUT2D eigenvalue weighted by molar-refractivity contribution is -0.130. The molecule has 0 unspecified atom stereocenters. The highest BCUT2D eigenvalue weighted by molar-refractivity contribution is 14.0. The second kappa shape index (κ2) is 10.8. The third-order valence-electron chi connectivity index (χ3n) is 4.82. The van der Waals surface area contributed by atoms with Crippen LogP contribution in [-0.4, -0.2) is 48.9 Å². The third kappa shape index (κ3) is 5.70. The summed E-state index contributed by atoms with van der Waals surface area (Å²) in [5.41, 5.74) is 3.76. The van der Waals surface area contributed by atoms with E-state index in [1.54, 1.807) is 7.05 Å². The van der Waals surface area contributed by atoms with Crippen molar-refractivity contribution in [2.24, 2.45) is 4.99 Å². The molecule has 0 aliphatic carbocycles. The highest BCUT2D eigenvalue weighted by atomic mass is 127. The van der Waals surface area contributed by atoms with Crippen molar-refractivity contribution in [1.82, 2.24) is 15.1 Å². The maximum Gasteiger partial charge on any atom is 0.242 e. The van der Waals surface area contributed by atoms with Crippen LogP contribution >= 0.6 is 39.9 Å². The molecule has 150 valence electrons. The number of rotatable bonds is 4. The molecule has 7 heteroatoms. The van der Waals surface area contributed by atoms with Crippen molar-refractivity contribution in [2.75, 3.05) is 27.2 Å². The molecule has 1 amide bonds. The number of halogens is 2. The van der Waals surface area contributed by atoms with Gasteiger partial charge in [-0.3, -0.25) is 9.79 Å². The summed E-state index contributed by atoms with van der Waals surface area (Å²) < 4.78 is 1.07. The van der Waals surface area contributed by atoms with Crippen molar-refractivity contribution in [3.63, 3.8) is 0 Å². The molecule has 0 aromatic heterocycles. The largest absolute Gasteiger partial charge is 0.347 e. The summed E-state index contributed by atoms with van der Waals surface area (Å²) in [7, 11) is 3.71. The molecular weight excluding hydrogens is 531 g/mol. The average molecular weight is 557 g/mol. The Kier molecular flexibility index (Phi) is 8.75. The number of nitrogens with one attached hydrogen (secondary N) is 1. The number of carbonyl (C=O) groups is 1. The molecule has 0 spiro atoms. The Morgan fingerprint density at radius 1 is 1.18 bits per heavy atom. The minimum atomic E-state index is 0. The van der Waals surface area contributed by atoms with E-state index < -0.39 is 0 Å². The number of guanidine groups is 1.